The molecule has 0 amide bonds. The lowest BCUT2D eigenvalue weighted by Gasteiger charge is -2.10. The molecule has 0 aliphatic rings. The molecule has 20 heavy (non-hydrogen) atoms. The second-order valence-electron chi connectivity index (χ2n) is 5.22. The maximum Gasteiger partial charge on any atom is 0.124 e. The third kappa shape index (κ3) is 3.00. The lowest BCUT2D eigenvalue weighted by molar-refractivity contribution is 0.242. The summed E-state index contributed by atoms with van der Waals surface area (Å²) in [6.45, 7) is 10.6. The van der Waals surface area contributed by atoms with Gasteiger partial charge in [0.15, 0.2) is 0 Å². The number of imidazole rings is 1. The standard InChI is InChI=1S/C16H19N3O/c1-11(2)10-19-15-6-5-13(20-12(3)4)9-14(15)18-16(19)7-8-17/h5-6,9,12H,1,7,10H2,2-4H3. The number of rotatable bonds is 5. The first-order valence-electron chi connectivity index (χ1n) is 6.68. The number of aromatic nitrogens is 2. The van der Waals surface area contributed by atoms with Crippen LogP contribution in [-0.4, -0.2) is 15.7 Å². The number of fused-ring (bicyclic) bond motifs is 1. The summed E-state index contributed by atoms with van der Waals surface area (Å²) < 4.78 is 7.72. The van der Waals surface area contributed by atoms with Gasteiger partial charge in [0.1, 0.15) is 11.6 Å². The topological polar surface area (TPSA) is 50.8 Å². The highest BCUT2D eigenvalue weighted by Crippen LogP contribution is 2.23. The van der Waals surface area contributed by atoms with Crippen LogP contribution in [0.1, 0.15) is 26.6 Å². The fourth-order valence-corrected chi connectivity index (χ4v) is 2.16. The van der Waals surface area contributed by atoms with Crippen LogP contribution in [0, 0.1) is 11.3 Å². The third-order valence-electron chi connectivity index (χ3n) is 2.84. The van der Waals surface area contributed by atoms with Crippen molar-refractivity contribution in [3.8, 4) is 11.8 Å². The summed E-state index contributed by atoms with van der Waals surface area (Å²) in [5.41, 5.74) is 2.90. The Balaban J connectivity index is 2.50. The summed E-state index contributed by atoms with van der Waals surface area (Å²) in [6, 6.07) is 8.01. The third-order valence-corrected chi connectivity index (χ3v) is 2.84. The van der Waals surface area contributed by atoms with Gasteiger partial charge < -0.3 is 9.30 Å². The summed E-state index contributed by atoms with van der Waals surface area (Å²) >= 11 is 0. The van der Waals surface area contributed by atoms with Crippen LogP contribution in [0.5, 0.6) is 5.75 Å². The van der Waals surface area contributed by atoms with Gasteiger partial charge in [-0.15, -0.1) is 0 Å². The first kappa shape index (κ1) is 14.1. The number of ether oxygens (including phenoxy) is 1. The van der Waals surface area contributed by atoms with Crippen molar-refractivity contribution in [2.75, 3.05) is 0 Å². The SMILES string of the molecule is C=C(C)Cn1c(CC#N)nc2cc(OC(C)C)ccc21. The van der Waals surface area contributed by atoms with E-state index in [9.17, 15) is 0 Å². The van der Waals surface area contributed by atoms with E-state index in [1.54, 1.807) is 0 Å². The summed E-state index contributed by atoms with van der Waals surface area (Å²) in [4.78, 5) is 4.54. The van der Waals surface area contributed by atoms with Crippen LogP contribution in [0.15, 0.2) is 30.4 Å². The predicted octanol–water partition coefficient (Wildman–Crippen LogP) is 3.47. The number of allylic oxidation sites excluding steroid dienone is 1. The van der Waals surface area contributed by atoms with Crippen molar-refractivity contribution in [2.45, 2.75) is 39.8 Å². The van der Waals surface area contributed by atoms with Gasteiger partial charge in [-0.1, -0.05) is 12.2 Å². The highest BCUT2D eigenvalue weighted by molar-refractivity contribution is 5.78. The monoisotopic (exact) mass is 269 g/mol. The maximum absolute atomic E-state index is 8.93. The Hall–Kier alpha value is -2.28. The van der Waals surface area contributed by atoms with E-state index in [1.165, 1.54) is 0 Å². The minimum Gasteiger partial charge on any atom is -0.491 e. The first-order chi connectivity index (χ1) is 9.51. The molecule has 0 fully saturated rings. The number of benzene rings is 1. The summed E-state index contributed by atoms with van der Waals surface area (Å²) in [5, 5.41) is 8.93. The summed E-state index contributed by atoms with van der Waals surface area (Å²) in [7, 11) is 0. The molecule has 0 spiro atoms. The predicted molar refractivity (Wildman–Crippen MR) is 79.6 cm³/mol. The summed E-state index contributed by atoms with van der Waals surface area (Å²) in [6.07, 6.45) is 0.422. The van der Waals surface area contributed by atoms with Crippen molar-refractivity contribution in [1.29, 1.82) is 5.26 Å². The lowest BCUT2D eigenvalue weighted by atomic mass is 10.2. The Bertz CT molecular complexity index is 677. The van der Waals surface area contributed by atoms with Crippen molar-refractivity contribution in [3.63, 3.8) is 0 Å². The van der Waals surface area contributed by atoms with Gasteiger partial charge in [-0.3, -0.25) is 0 Å². The van der Waals surface area contributed by atoms with Gasteiger partial charge >= 0.3 is 0 Å². The van der Waals surface area contributed by atoms with Gasteiger partial charge in [0.25, 0.3) is 0 Å². The van der Waals surface area contributed by atoms with Crippen molar-refractivity contribution >= 4 is 11.0 Å². The molecule has 0 aliphatic heterocycles. The molecular weight excluding hydrogens is 250 g/mol. The van der Waals surface area contributed by atoms with Gasteiger partial charge in [0.2, 0.25) is 0 Å². The molecule has 4 heteroatoms. The molecule has 2 rings (SSSR count). The fourth-order valence-electron chi connectivity index (χ4n) is 2.16. The number of hydrogen-bond donors (Lipinski definition) is 0. The van der Waals surface area contributed by atoms with E-state index in [4.69, 9.17) is 10.00 Å². The van der Waals surface area contributed by atoms with E-state index in [0.717, 1.165) is 28.2 Å². The zero-order chi connectivity index (χ0) is 14.7. The lowest BCUT2D eigenvalue weighted by Crippen LogP contribution is -2.05. The van der Waals surface area contributed by atoms with Gasteiger partial charge in [-0.25, -0.2) is 4.98 Å². The quantitative estimate of drug-likeness (QED) is 0.781. The average Bonchev–Trinajstić information content (AvgIpc) is 2.66. The number of nitrogens with zero attached hydrogens (tertiary/aromatic N) is 3. The van der Waals surface area contributed by atoms with Crippen LogP contribution < -0.4 is 4.74 Å². The molecule has 0 saturated heterocycles. The smallest absolute Gasteiger partial charge is 0.124 e. The van der Waals surface area contributed by atoms with E-state index in [-0.39, 0.29) is 6.10 Å². The highest BCUT2D eigenvalue weighted by atomic mass is 16.5. The molecule has 0 bridgehead atoms. The van der Waals surface area contributed by atoms with E-state index < -0.39 is 0 Å². The second-order valence-corrected chi connectivity index (χ2v) is 5.22. The Morgan fingerprint density at radius 2 is 2.25 bits per heavy atom. The highest BCUT2D eigenvalue weighted by Gasteiger charge is 2.11. The maximum atomic E-state index is 8.93. The molecule has 104 valence electrons. The Labute approximate surface area is 119 Å². The van der Waals surface area contributed by atoms with Crippen LogP contribution >= 0.6 is 0 Å². The average molecular weight is 269 g/mol. The van der Waals surface area contributed by atoms with E-state index in [1.807, 2.05) is 43.5 Å². The van der Waals surface area contributed by atoms with Crippen LogP contribution in [0.4, 0.5) is 0 Å². The minimum absolute atomic E-state index is 0.128. The van der Waals surface area contributed by atoms with Gasteiger partial charge in [-0.2, -0.15) is 5.26 Å². The van der Waals surface area contributed by atoms with E-state index in [2.05, 4.69) is 17.6 Å². The largest absolute Gasteiger partial charge is 0.491 e. The van der Waals surface area contributed by atoms with Crippen LogP contribution in [0.3, 0.4) is 0 Å². The Kier molecular flexibility index (Phi) is 4.09. The van der Waals surface area contributed by atoms with Crippen molar-refractivity contribution in [1.82, 2.24) is 9.55 Å². The van der Waals surface area contributed by atoms with E-state index >= 15 is 0 Å². The van der Waals surface area contributed by atoms with Crippen LogP contribution in [0.25, 0.3) is 11.0 Å². The van der Waals surface area contributed by atoms with Gasteiger partial charge in [0.05, 0.1) is 29.6 Å². The molecule has 0 atom stereocenters. The summed E-state index contributed by atoms with van der Waals surface area (Å²) in [5.74, 6) is 1.57. The molecule has 0 aliphatic carbocycles. The molecule has 0 radical (unpaired) electrons. The molecule has 1 heterocycles. The number of nitriles is 1. The van der Waals surface area contributed by atoms with Crippen molar-refractivity contribution < 1.29 is 4.74 Å². The van der Waals surface area contributed by atoms with Crippen LogP contribution in [0.2, 0.25) is 0 Å². The molecule has 0 N–H and O–H groups in total. The van der Waals surface area contributed by atoms with E-state index in [0.29, 0.717) is 13.0 Å². The molecular formula is C16H19N3O. The zero-order valence-corrected chi connectivity index (χ0v) is 12.2. The fraction of sp³-hybridized carbons (Fsp3) is 0.375. The molecule has 1 aromatic heterocycles. The molecule has 1 aromatic carbocycles. The first-order valence-corrected chi connectivity index (χ1v) is 6.68. The van der Waals surface area contributed by atoms with Crippen molar-refractivity contribution in [2.24, 2.45) is 0 Å². The van der Waals surface area contributed by atoms with Crippen molar-refractivity contribution in [3.05, 3.63) is 36.2 Å². The number of hydrogen-bond acceptors (Lipinski definition) is 3. The Morgan fingerprint density at radius 1 is 1.50 bits per heavy atom. The molecule has 4 nitrogen and oxygen atoms in total. The molecule has 0 saturated carbocycles. The zero-order valence-electron chi connectivity index (χ0n) is 12.2. The molecule has 2 aromatic rings. The van der Waals surface area contributed by atoms with Crippen LogP contribution in [-0.2, 0) is 13.0 Å². The second kappa shape index (κ2) is 5.79. The Morgan fingerprint density at radius 3 is 2.85 bits per heavy atom. The normalized spacial score (nSPS) is 10.8. The van der Waals surface area contributed by atoms with Gasteiger partial charge in [-0.05, 0) is 32.9 Å². The van der Waals surface area contributed by atoms with Gasteiger partial charge in [0, 0.05) is 12.6 Å². The minimum atomic E-state index is 0.128. The molecule has 0 unspecified atom stereocenters.